The summed E-state index contributed by atoms with van der Waals surface area (Å²) in [6, 6.07) is 10.4. The van der Waals surface area contributed by atoms with Gasteiger partial charge < -0.3 is 9.80 Å². The molecule has 1 aliphatic carbocycles. The van der Waals surface area contributed by atoms with E-state index in [-0.39, 0.29) is 17.7 Å². The average molecular weight is 286 g/mol. The van der Waals surface area contributed by atoms with Crippen LogP contribution in [0.25, 0.3) is 0 Å². The molecule has 1 atom stereocenters. The van der Waals surface area contributed by atoms with Crippen LogP contribution in [0.3, 0.4) is 0 Å². The maximum atomic E-state index is 12.5. The molecule has 1 saturated heterocycles. The van der Waals surface area contributed by atoms with Gasteiger partial charge in [0.05, 0.1) is 5.92 Å². The van der Waals surface area contributed by atoms with E-state index in [0.717, 1.165) is 18.4 Å². The molecule has 1 aliphatic heterocycles. The Morgan fingerprint density at radius 3 is 2.62 bits per heavy atom. The fourth-order valence-electron chi connectivity index (χ4n) is 3.20. The lowest BCUT2D eigenvalue weighted by molar-refractivity contribution is -0.135. The average Bonchev–Trinajstić information content (AvgIpc) is 2.79. The summed E-state index contributed by atoms with van der Waals surface area (Å²) in [6.45, 7) is 1.22. The first-order chi connectivity index (χ1) is 10.1. The number of carbonyl (C=O) groups is 2. The maximum absolute atomic E-state index is 12.5. The third kappa shape index (κ3) is 2.94. The highest BCUT2D eigenvalue weighted by atomic mass is 16.2. The van der Waals surface area contributed by atoms with Crippen molar-refractivity contribution in [3.63, 3.8) is 0 Å². The zero-order valence-corrected chi connectivity index (χ0v) is 12.5. The van der Waals surface area contributed by atoms with Crippen molar-refractivity contribution in [2.45, 2.75) is 38.3 Å². The van der Waals surface area contributed by atoms with E-state index in [0.29, 0.717) is 25.6 Å². The summed E-state index contributed by atoms with van der Waals surface area (Å²) in [5.74, 6) is 0.0898. The molecule has 2 aliphatic rings. The van der Waals surface area contributed by atoms with Crippen molar-refractivity contribution in [3.8, 4) is 0 Å². The van der Waals surface area contributed by atoms with Gasteiger partial charge in [-0.3, -0.25) is 9.59 Å². The monoisotopic (exact) mass is 286 g/mol. The summed E-state index contributed by atoms with van der Waals surface area (Å²) >= 11 is 0. The SMILES string of the molecule is CN(Cc1ccccc1)C(=O)C1CC(=O)N(C2CCC2)C1. The standard InChI is InChI=1S/C17H22N2O2/c1-18(11-13-6-3-2-4-7-13)17(21)14-10-16(20)19(12-14)15-8-5-9-15/h2-4,6-7,14-15H,5,8-12H2,1H3. The van der Waals surface area contributed by atoms with Crippen molar-refractivity contribution >= 4 is 11.8 Å². The van der Waals surface area contributed by atoms with Gasteiger partial charge in [0.1, 0.15) is 0 Å². The van der Waals surface area contributed by atoms with Gasteiger partial charge in [-0.15, -0.1) is 0 Å². The lowest BCUT2D eigenvalue weighted by Gasteiger charge is -2.34. The predicted octanol–water partition coefficient (Wildman–Crippen LogP) is 2.05. The van der Waals surface area contributed by atoms with Gasteiger partial charge in [0, 0.05) is 32.6 Å². The summed E-state index contributed by atoms with van der Waals surface area (Å²) in [5.41, 5.74) is 1.12. The Hall–Kier alpha value is -1.84. The molecule has 0 N–H and O–H groups in total. The number of carbonyl (C=O) groups excluding carboxylic acids is 2. The second kappa shape index (κ2) is 5.88. The van der Waals surface area contributed by atoms with E-state index in [1.54, 1.807) is 4.90 Å². The van der Waals surface area contributed by atoms with E-state index < -0.39 is 0 Å². The molecule has 0 bridgehead atoms. The number of likely N-dealkylation sites (tertiary alicyclic amines) is 1. The van der Waals surface area contributed by atoms with Crippen LogP contribution in [0.1, 0.15) is 31.2 Å². The van der Waals surface area contributed by atoms with E-state index in [9.17, 15) is 9.59 Å². The van der Waals surface area contributed by atoms with Crippen molar-refractivity contribution in [2.75, 3.05) is 13.6 Å². The van der Waals surface area contributed by atoms with Crippen molar-refractivity contribution in [3.05, 3.63) is 35.9 Å². The summed E-state index contributed by atoms with van der Waals surface area (Å²) < 4.78 is 0. The molecule has 21 heavy (non-hydrogen) atoms. The van der Waals surface area contributed by atoms with E-state index in [2.05, 4.69) is 0 Å². The number of benzene rings is 1. The summed E-state index contributed by atoms with van der Waals surface area (Å²) in [5, 5.41) is 0. The molecule has 3 rings (SSSR count). The highest BCUT2D eigenvalue weighted by Crippen LogP contribution is 2.31. The zero-order valence-electron chi connectivity index (χ0n) is 12.5. The van der Waals surface area contributed by atoms with Crippen LogP contribution in [0, 0.1) is 5.92 Å². The van der Waals surface area contributed by atoms with E-state index in [4.69, 9.17) is 0 Å². The minimum Gasteiger partial charge on any atom is -0.341 e. The normalized spacial score (nSPS) is 22.2. The second-order valence-electron chi connectivity index (χ2n) is 6.21. The maximum Gasteiger partial charge on any atom is 0.228 e. The summed E-state index contributed by atoms with van der Waals surface area (Å²) in [4.78, 5) is 28.3. The van der Waals surface area contributed by atoms with E-state index in [1.165, 1.54) is 6.42 Å². The Bertz CT molecular complexity index is 525. The molecule has 1 aromatic rings. The van der Waals surface area contributed by atoms with E-state index >= 15 is 0 Å². The minimum atomic E-state index is -0.160. The summed E-state index contributed by atoms with van der Waals surface area (Å²) in [7, 11) is 1.83. The Kier molecular flexibility index (Phi) is 3.95. The van der Waals surface area contributed by atoms with Crippen LogP contribution in [0.2, 0.25) is 0 Å². The lowest BCUT2D eigenvalue weighted by Crippen LogP contribution is -2.42. The zero-order chi connectivity index (χ0) is 14.8. The fourth-order valence-corrected chi connectivity index (χ4v) is 3.20. The van der Waals surface area contributed by atoms with Gasteiger partial charge in [0.25, 0.3) is 0 Å². The predicted molar refractivity (Wildman–Crippen MR) is 80.4 cm³/mol. The fraction of sp³-hybridized carbons (Fsp3) is 0.529. The van der Waals surface area contributed by atoms with Crippen LogP contribution in [-0.2, 0) is 16.1 Å². The first kappa shape index (κ1) is 14.1. The van der Waals surface area contributed by atoms with Crippen molar-refractivity contribution in [2.24, 2.45) is 5.92 Å². The van der Waals surface area contributed by atoms with Gasteiger partial charge >= 0.3 is 0 Å². The van der Waals surface area contributed by atoms with Crippen LogP contribution in [0.15, 0.2) is 30.3 Å². The summed E-state index contributed by atoms with van der Waals surface area (Å²) in [6.07, 6.45) is 3.80. The van der Waals surface area contributed by atoms with Gasteiger partial charge in [0.2, 0.25) is 11.8 Å². The molecule has 0 aromatic heterocycles. The molecule has 4 nitrogen and oxygen atoms in total. The Morgan fingerprint density at radius 1 is 1.29 bits per heavy atom. The molecule has 1 saturated carbocycles. The second-order valence-corrected chi connectivity index (χ2v) is 6.21. The molecule has 1 aromatic carbocycles. The third-order valence-corrected chi connectivity index (χ3v) is 4.66. The smallest absolute Gasteiger partial charge is 0.228 e. The van der Waals surface area contributed by atoms with Crippen LogP contribution in [0.4, 0.5) is 0 Å². The first-order valence-electron chi connectivity index (χ1n) is 7.73. The highest BCUT2D eigenvalue weighted by molar-refractivity contribution is 5.89. The van der Waals surface area contributed by atoms with Crippen LogP contribution < -0.4 is 0 Å². The molecular formula is C17H22N2O2. The number of nitrogens with zero attached hydrogens (tertiary/aromatic N) is 2. The molecule has 2 amide bonds. The van der Waals surface area contributed by atoms with Crippen LogP contribution in [0.5, 0.6) is 0 Å². The molecular weight excluding hydrogens is 264 g/mol. The minimum absolute atomic E-state index is 0.0917. The Labute approximate surface area is 125 Å². The molecule has 1 heterocycles. The van der Waals surface area contributed by atoms with Crippen molar-refractivity contribution in [1.82, 2.24) is 9.80 Å². The lowest BCUT2D eigenvalue weighted by atomic mass is 9.92. The van der Waals surface area contributed by atoms with Crippen LogP contribution in [-0.4, -0.2) is 41.2 Å². The van der Waals surface area contributed by atoms with Gasteiger partial charge in [-0.2, -0.15) is 0 Å². The van der Waals surface area contributed by atoms with Crippen molar-refractivity contribution in [1.29, 1.82) is 0 Å². The largest absolute Gasteiger partial charge is 0.341 e. The number of rotatable bonds is 4. The number of hydrogen-bond acceptors (Lipinski definition) is 2. The van der Waals surface area contributed by atoms with E-state index in [1.807, 2.05) is 42.3 Å². The first-order valence-corrected chi connectivity index (χ1v) is 7.73. The van der Waals surface area contributed by atoms with Gasteiger partial charge in [-0.05, 0) is 24.8 Å². The number of amides is 2. The Balaban J connectivity index is 1.59. The van der Waals surface area contributed by atoms with Gasteiger partial charge in [-0.25, -0.2) is 0 Å². The Morgan fingerprint density at radius 2 is 2.00 bits per heavy atom. The van der Waals surface area contributed by atoms with Gasteiger partial charge in [-0.1, -0.05) is 30.3 Å². The van der Waals surface area contributed by atoms with Gasteiger partial charge in [0.15, 0.2) is 0 Å². The van der Waals surface area contributed by atoms with Crippen molar-refractivity contribution < 1.29 is 9.59 Å². The number of hydrogen-bond donors (Lipinski definition) is 0. The third-order valence-electron chi connectivity index (χ3n) is 4.66. The quantitative estimate of drug-likeness (QED) is 0.850. The highest BCUT2D eigenvalue weighted by Gasteiger charge is 2.40. The molecule has 2 fully saturated rings. The molecule has 4 heteroatoms. The van der Waals surface area contributed by atoms with Crippen LogP contribution >= 0.6 is 0 Å². The molecule has 0 spiro atoms. The molecule has 112 valence electrons. The molecule has 1 unspecified atom stereocenters. The topological polar surface area (TPSA) is 40.6 Å². The molecule has 0 radical (unpaired) electrons.